The van der Waals surface area contributed by atoms with E-state index >= 15 is 0 Å². The van der Waals surface area contributed by atoms with Crippen molar-refractivity contribution in [3.63, 3.8) is 0 Å². The number of benzene rings is 2. The standard InChI is InChI=1S/C24H26N2S/c1-15-7-17(3)23(18(4)8-15)25-11-21-13-27-14-22(21)12-26-24-19(5)9-16(2)10-20(24)6/h7-14H,1-6H3. The highest BCUT2D eigenvalue weighted by Gasteiger charge is 2.05. The lowest BCUT2D eigenvalue weighted by molar-refractivity contribution is 1.29. The van der Waals surface area contributed by atoms with Crippen molar-refractivity contribution in [2.75, 3.05) is 0 Å². The molecule has 0 bridgehead atoms. The number of nitrogens with zero attached hydrogens (tertiary/aromatic N) is 2. The molecular formula is C24H26N2S. The molecule has 138 valence electrons. The minimum absolute atomic E-state index is 1.06. The molecule has 0 unspecified atom stereocenters. The van der Waals surface area contributed by atoms with E-state index in [1.165, 1.54) is 33.4 Å². The zero-order chi connectivity index (χ0) is 19.6. The minimum Gasteiger partial charge on any atom is -0.256 e. The summed E-state index contributed by atoms with van der Waals surface area (Å²) in [5, 5.41) is 4.25. The van der Waals surface area contributed by atoms with Crippen molar-refractivity contribution in [2.45, 2.75) is 41.5 Å². The van der Waals surface area contributed by atoms with Gasteiger partial charge in [0.05, 0.1) is 11.4 Å². The molecule has 0 N–H and O–H groups in total. The molecule has 0 aliphatic rings. The van der Waals surface area contributed by atoms with Crippen molar-refractivity contribution in [1.29, 1.82) is 0 Å². The van der Waals surface area contributed by atoms with Gasteiger partial charge in [0, 0.05) is 34.3 Å². The number of aryl methyl sites for hydroxylation is 6. The highest BCUT2D eigenvalue weighted by atomic mass is 32.1. The average Bonchev–Trinajstić information content (AvgIpc) is 3.00. The highest BCUT2D eigenvalue weighted by molar-refractivity contribution is 7.08. The summed E-state index contributed by atoms with van der Waals surface area (Å²) in [7, 11) is 0. The van der Waals surface area contributed by atoms with Gasteiger partial charge in [0.2, 0.25) is 0 Å². The third kappa shape index (κ3) is 4.42. The van der Waals surface area contributed by atoms with E-state index in [2.05, 4.69) is 76.6 Å². The molecule has 0 fully saturated rings. The third-order valence-corrected chi connectivity index (χ3v) is 5.44. The first-order valence-corrected chi connectivity index (χ1v) is 10.1. The summed E-state index contributed by atoms with van der Waals surface area (Å²) in [5.41, 5.74) is 11.7. The van der Waals surface area contributed by atoms with Gasteiger partial charge in [0.25, 0.3) is 0 Å². The summed E-state index contributed by atoms with van der Waals surface area (Å²) in [6, 6.07) is 8.72. The van der Waals surface area contributed by atoms with Crippen molar-refractivity contribution >= 4 is 35.1 Å². The zero-order valence-corrected chi connectivity index (χ0v) is 17.7. The summed E-state index contributed by atoms with van der Waals surface area (Å²) in [6.07, 6.45) is 3.91. The van der Waals surface area contributed by atoms with Crippen molar-refractivity contribution in [2.24, 2.45) is 9.98 Å². The Labute approximate surface area is 166 Å². The van der Waals surface area contributed by atoms with Gasteiger partial charge in [0.15, 0.2) is 0 Å². The topological polar surface area (TPSA) is 24.7 Å². The fourth-order valence-corrected chi connectivity index (χ4v) is 4.30. The normalized spacial score (nSPS) is 11.8. The lowest BCUT2D eigenvalue weighted by atomic mass is 10.1. The number of aliphatic imine (C=N–C) groups is 2. The van der Waals surface area contributed by atoms with Gasteiger partial charge in [-0.1, -0.05) is 35.4 Å². The van der Waals surface area contributed by atoms with Crippen LogP contribution in [-0.2, 0) is 0 Å². The van der Waals surface area contributed by atoms with E-state index in [0.29, 0.717) is 0 Å². The first-order chi connectivity index (χ1) is 12.8. The van der Waals surface area contributed by atoms with E-state index in [9.17, 15) is 0 Å². The Kier molecular flexibility index (Phi) is 5.71. The van der Waals surface area contributed by atoms with Crippen LogP contribution < -0.4 is 0 Å². The third-order valence-electron chi connectivity index (χ3n) is 4.66. The van der Waals surface area contributed by atoms with Crippen molar-refractivity contribution < 1.29 is 0 Å². The van der Waals surface area contributed by atoms with Crippen LogP contribution in [0.2, 0.25) is 0 Å². The van der Waals surface area contributed by atoms with Crippen LogP contribution in [0.15, 0.2) is 45.0 Å². The molecule has 0 atom stereocenters. The number of hydrogen-bond acceptors (Lipinski definition) is 3. The predicted molar refractivity (Wildman–Crippen MR) is 120 cm³/mol. The SMILES string of the molecule is Cc1cc(C)c(N=Cc2cscc2C=Nc2c(C)cc(C)cc2C)c(C)c1. The molecule has 2 aromatic carbocycles. The Morgan fingerprint density at radius 2 is 0.926 bits per heavy atom. The van der Waals surface area contributed by atoms with E-state index in [4.69, 9.17) is 9.98 Å². The molecule has 1 aromatic heterocycles. The van der Waals surface area contributed by atoms with Crippen LogP contribution in [-0.4, -0.2) is 12.4 Å². The van der Waals surface area contributed by atoms with Gasteiger partial charge in [-0.05, 0) is 63.8 Å². The largest absolute Gasteiger partial charge is 0.256 e. The molecule has 3 rings (SSSR count). The molecule has 0 aliphatic heterocycles. The molecular weight excluding hydrogens is 348 g/mol. The zero-order valence-electron chi connectivity index (χ0n) is 16.9. The van der Waals surface area contributed by atoms with E-state index in [1.54, 1.807) is 11.3 Å². The van der Waals surface area contributed by atoms with Crippen LogP contribution in [0, 0.1) is 41.5 Å². The van der Waals surface area contributed by atoms with Gasteiger partial charge in [-0.15, -0.1) is 0 Å². The first-order valence-electron chi connectivity index (χ1n) is 9.15. The maximum absolute atomic E-state index is 4.77. The van der Waals surface area contributed by atoms with E-state index in [1.807, 2.05) is 12.4 Å². The molecule has 27 heavy (non-hydrogen) atoms. The smallest absolute Gasteiger partial charge is 0.0688 e. The lowest BCUT2D eigenvalue weighted by Gasteiger charge is -2.07. The predicted octanol–water partition coefficient (Wildman–Crippen LogP) is 7.10. The van der Waals surface area contributed by atoms with Gasteiger partial charge >= 0.3 is 0 Å². The molecule has 0 saturated heterocycles. The molecule has 0 radical (unpaired) electrons. The van der Waals surface area contributed by atoms with Gasteiger partial charge in [-0.2, -0.15) is 11.3 Å². The monoisotopic (exact) mass is 374 g/mol. The molecule has 0 aliphatic carbocycles. The number of rotatable bonds is 4. The van der Waals surface area contributed by atoms with Gasteiger partial charge in [-0.25, -0.2) is 0 Å². The van der Waals surface area contributed by atoms with Crippen molar-refractivity contribution in [1.82, 2.24) is 0 Å². The van der Waals surface area contributed by atoms with Crippen LogP contribution in [0.3, 0.4) is 0 Å². The second-order valence-electron chi connectivity index (χ2n) is 7.29. The molecule has 1 heterocycles. The van der Waals surface area contributed by atoms with E-state index in [0.717, 1.165) is 22.5 Å². The molecule has 3 aromatic rings. The molecule has 3 heteroatoms. The summed E-state index contributed by atoms with van der Waals surface area (Å²) in [5.74, 6) is 0. The summed E-state index contributed by atoms with van der Waals surface area (Å²) < 4.78 is 0. The van der Waals surface area contributed by atoms with Crippen LogP contribution in [0.4, 0.5) is 11.4 Å². The lowest BCUT2D eigenvalue weighted by Crippen LogP contribution is -1.89. The fraction of sp³-hybridized carbons (Fsp3) is 0.250. The molecule has 0 saturated carbocycles. The van der Waals surface area contributed by atoms with Crippen LogP contribution in [0.25, 0.3) is 0 Å². The maximum Gasteiger partial charge on any atom is 0.0688 e. The molecule has 2 nitrogen and oxygen atoms in total. The number of hydrogen-bond donors (Lipinski definition) is 0. The van der Waals surface area contributed by atoms with Crippen LogP contribution >= 0.6 is 11.3 Å². The second-order valence-corrected chi connectivity index (χ2v) is 8.04. The van der Waals surface area contributed by atoms with E-state index < -0.39 is 0 Å². The summed E-state index contributed by atoms with van der Waals surface area (Å²) in [6.45, 7) is 12.7. The second kappa shape index (κ2) is 8.01. The highest BCUT2D eigenvalue weighted by Crippen LogP contribution is 2.27. The average molecular weight is 375 g/mol. The number of thiophene rings is 1. The molecule has 0 spiro atoms. The Morgan fingerprint density at radius 1 is 0.593 bits per heavy atom. The van der Waals surface area contributed by atoms with Crippen molar-refractivity contribution in [3.05, 3.63) is 79.5 Å². The Bertz CT molecular complexity index is 910. The van der Waals surface area contributed by atoms with E-state index in [-0.39, 0.29) is 0 Å². The maximum atomic E-state index is 4.77. The fourth-order valence-electron chi connectivity index (χ4n) is 3.55. The molecule has 0 amide bonds. The first kappa shape index (κ1) is 19.2. The van der Waals surface area contributed by atoms with Gasteiger partial charge < -0.3 is 0 Å². The Hall–Kier alpha value is -2.52. The summed E-state index contributed by atoms with van der Waals surface area (Å²) >= 11 is 1.68. The van der Waals surface area contributed by atoms with Crippen LogP contribution in [0.1, 0.15) is 44.5 Å². The van der Waals surface area contributed by atoms with Gasteiger partial charge in [-0.3, -0.25) is 9.98 Å². The Balaban J connectivity index is 1.89. The quantitative estimate of drug-likeness (QED) is 0.435. The summed E-state index contributed by atoms with van der Waals surface area (Å²) in [4.78, 5) is 9.54. The minimum atomic E-state index is 1.06. The van der Waals surface area contributed by atoms with Crippen LogP contribution in [0.5, 0.6) is 0 Å². The van der Waals surface area contributed by atoms with Gasteiger partial charge in [0.1, 0.15) is 0 Å². The van der Waals surface area contributed by atoms with Crippen molar-refractivity contribution in [3.8, 4) is 0 Å². The Morgan fingerprint density at radius 3 is 1.26 bits per heavy atom.